The van der Waals surface area contributed by atoms with Gasteiger partial charge in [0.2, 0.25) is 0 Å². The highest BCUT2D eigenvalue weighted by atomic mass is 16.3. The van der Waals surface area contributed by atoms with E-state index in [1.807, 2.05) is 0 Å². The first kappa shape index (κ1) is 19.5. The highest BCUT2D eigenvalue weighted by molar-refractivity contribution is 5.74. The minimum absolute atomic E-state index is 0.0471. The molecule has 0 aromatic carbocycles. The Bertz CT molecular complexity index is 385. The van der Waals surface area contributed by atoms with Gasteiger partial charge in [0.15, 0.2) is 0 Å². The van der Waals surface area contributed by atoms with Crippen LogP contribution in [0.5, 0.6) is 0 Å². The Kier molecular flexibility index (Phi) is 7.78. The summed E-state index contributed by atoms with van der Waals surface area (Å²) in [4.78, 5) is 18.6. The molecule has 0 radical (unpaired) electrons. The van der Waals surface area contributed by atoms with Gasteiger partial charge < -0.3 is 20.2 Å². The van der Waals surface area contributed by atoms with E-state index in [9.17, 15) is 9.90 Å². The number of piperazine rings is 1. The molecule has 2 rings (SSSR count). The third-order valence-corrected chi connectivity index (χ3v) is 5.58. The van der Waals surface area contributed by atoms with Crippen molar-refractivity contribution < 1.29 is 9.90 Å². The molecule has 0 aromatic rings. The molecule has 1 heterocycles. The average Bonchev–Trinajstić information content (AvgIpc) is 2.57. The molecule has 2 N–H and O–H groups in total. The number of rotatable bonds is 6. The first-order valence-electron chi connectivity index (χ1n) is 9.58. The third kappa shape index (κ3) is 6.22. The van der Waals surface area contributed by atoms with E-state index in [0.717, 1.165) is 44.9 Å². The Morgan fingerprint density at radius 2 is 2.00 bits per heavy atom. The van der Waals surface area contributed by atoms with Crippen LogP contribution in [0.4, 0.5) is 4.79 Å². The van der Waals surface area contributed by atoms with E-state index in [2.05, 4.69) is 29.1 Å². The summed E-state index contributed by atoms with van der Waals surface area (Å²) >= 11 is 0. The van der Waals surface area contributed by atoms with E-state index in [1.54, 1.807) is 11.9 Å². The Balaban J connectivity index is 1.68. The van der Waals surface area contributed by atoms with Gasteiger partial charge in [-0.15, -0.1) is 0 Å². The zero-order valence-electron chi connectivity index (χ0n) is 15.7. The second-order valence-corrected chi connectivity index (χ2v) is 7.73. The van der Waals surface area contributed by atoms with Gasteiger partial charge in [0.1, 0.15) is 0 Å². The second-order valence-electron chi connectivity index (χ2n) is 7.73. The van der Waals surface area contributed by atoms with Gasteiger partial charge >= 0.3 is 6.03 Å². The van der Waals surface area contributed by atoms with Crippen LogP contribution < -0.4 is 5.32 Å². The van der Waals surface area contributed by atoms with Gasteiger partial charge in [0.25, 0.3) is 0 Å². The monoisotopic (exact) mass is 340 g/mol. The maximum atomic E-state index is 12.4. The fourth-order valence-corrected chi connectivity index (χ4v) is 3.86. The normalized spacial score (nSPS) is 27.7. The standard InChI is InChI=1S/C18H36N4O2/c1-4-15-6-5-7-16(12-15)19-18(24)21(3)13-17(23)14-22-10-8-20(2)9-11-22/h15-17,23H,4-14H2,1-3H3,(H,19,24)/t15-,16-,17-/m1/s1. The SMILES string of the molecule is CC[C@@H]1CCC[C@@H](NC(=O)N(C)C[C@@H](O)CN2CCN(C)CC2)C1. The van der Waals surface area contributed by atoms with Gasteiger partial charge in [-0.1, -0.05) is 26.2 Å². The van der Waals surface area contributed by atoms with Crippen molar-refractivity contribution in [3.05, 3.63) is 0 Å². The molecule has 140 valence electrons. The zero-order chi connectivity index (χ0) is 17.5. The number of urea groups is 1. The van der Waals surface area contributed by atoms with Gasteiger partial charge in [-0.05, 0) is 25.8 Å². The number of aliphatic hydroxyl groups is 1. The summed E-state index contributed by atoms with van der Waals surface area (Å²) in [6.45, 7) is 7.34. The van der Waals surface area contributed by atoms with Crippen LogP contribution in [0.2, 0.25) is 0 Å². The minimum Gasteiger partial charge on any atom is -0.390 e. The van der Waals surface area contributed by atoms with Gasteiger partial charge in [-0.25, -0.2) is 4.79 Å². The van der Waals surface area contributed by atoms with Crippen molar-refractivity contribution in [1.82, 2.24) is 20.0 Å². The number of likely N-dealkylation sites (N-methyl/N-ethyl adjacent to an activating group) is 2. The van der Waals surface area contributed by atoms with Crippen molar-refractivity contribution in [2.45, 2.75) is 51.2 Å². The lowest BCUT2D eigenvalue weighted by Crippen LogP contribution is -2.51. The van der Waals surface area contributed by atoms with E-state index < -0.39 is 6.10 Å². The molecule has 1 saturated heterocycles. The summed E-state index contributed by atoms with van der Waals surface area (Å²) in [5.41, 5.74) is 0. The van der Waals surface area contributed by atoms with Crippen molar-refractivity contribution in [3.63, 3.8) is 0 Å². The van der Waals surface area contributed by atoms with E-state index >= 15 is 0 Å². The number of β-amino-alcohol motifs (C(OH)–C–C–N with tert-alkyl or cyclic N) is 1. The quantitative estimate of drug-likeness (QED) is 0.763. The highest BCUT2D eigenvalue weighted by Crippen LogP contribution is 2.26. The van der Waals surface area contributed by atoms with Crippen LogP contribution in [-0.2, 0) is 0 Å². The zero-order valence-corrected chi connectivity index (χ0v) is 15.7. The van der Waals surface area contributed by atoms with E-state index in [0.29, 0.717) is 19.1 Å². The Labute approximate surface area is 147 Å². The van der Waals surface area contributed by atoms with Crippen molar-refractivity contribution >= 4 is 6.03 Å². The summed E-state index contributed by atoms with van der Waals surface area (Å²) in [6, 6.07) is 0.252. The first-order chi connectivity index (χ1) is 11.5. The maximum Gasteiger partial charge on any atom is 0.317 e. The van der Waals surface area contributed by atoms with Crippen LogP contribution in [0, 0.1) is 5.92 Å². The predicted octanol–water partition coefficient (Wildman–Crippen LogP) is 1.20. The lowest BCUT2D eigenvalue weighted by molar-refractivity contribution is 0.0652. The van der Waals surface area contributed by atoms with Crippen molar-refractivity contribution in [2.24, 2.45) is 5.92 Å². The number of nitrogens with one attached hydrogen (secondary N) is 1. The van der Waals surface area contributed by atoms with E-state index in [1.165, 1.54) is 19.3 Å². The fourth-order valence-electron chi connectivity index (χ4n) is 3.86. The molecule has 0 bridgehead atoms. The molecule has 2 fully saturated rings. The second kappa shape index (κ2) is 9.59. The summed E-state index contributed by atoms with van der Waals surface area (Å²) in [5.74, 6) is 0.747. The smallest absolute Gasteiger partial charge is 0.317 e. The minimum atomic E-state index is -0.487. The van der Waals surface area contributed by atoms with Crippen molar-refractivity contribution in [3.8, 4) is 0 Å². The lowest BCUT2D eigenvalue weighted by Gasteiger charge is -2.34. The summed E-state index contributed by atoms with van der Waals surface area (Å²) in [6.07, 6.45) is 5.40. The predicted molar refractivity (Wildman–Crippen MR) is 97.1 cm³/mol. The number of carbonyl (C=O) groups excluding carboxylic acids is 1. The van der Waals surface area contributed by atoms with Crippen molar-refractivity contribution in [1.29, 1.82) is 0 Å². The molecule has 6 nitrogen and oxygen atoms in total. The van der Waals surface area contributed by atoms with Crippen molar-refractivity contribution in [2.75, 3.05) is 53.4 Å². The molecule has 1 aliphatic carbocycles. The molecule has 2 aliphatic rings. The average molecular weight is 341 g/mol. The van der Waals surface area contributed by atoms with Crippen LogP contribution in [0.1, 0.15) is 39.0 Å². The van der Waals surface area contributed by atoms with Gasteiger partial charge in [0, 0.05) is 52.4 Å². The number of amides is 2. The lowest BCUT2D eigenvalue weighted by atomic mass is 9.84. The third-order valence-electron chi connectivity index (χ3n) is 5.58. The topological polar surface area (TPSA) is 59.1 Å². The molecule has 0 unspecified atom stereocenters. The van der Waals surface area contributed by atoms with Crippen LogP contribution in [0.15, 0.2) is 0 Å². The Hall–Kier alpha value is -0.850. The number of hydrogen-bond donors (Lipinski definition) is 2. The molecule has 2 amide bonds. The van der Waals surface area contributed by atoms with Crippen LogP contribution in [-0.4, -0.2) is 91.3 Å². The largest absolute Gasteiger partial charge is 0.390 e. The summed E-state index contributed by atoms with van der Waals surface area (Å²) < 4.78 is 0. The molecular formula is C18H36N4O2. The molecule has 6 heteroatoms. The Morgan fingerprint density at radius 1 is 1.29 bits per heavy atom. The molecule has 1 saturated carbocycles. The molecular weight excluding hydrogens is 304 g/mol. The summed E-state index contributed by atoms with van der Waals surface area (Å²) in [5, 5.41) is 13.4. The van der Waals surface area contributed by atoms with Gasteiger partial charge in [-0.2, -0.15) is 0 Å². The van der Waals surface area contributed by atoms with E-state index in [-0.39, 0.29) is 6.03 Å². The maximum absolute atomic E-state index is 12.4. The van der Waals surface area contributed by atoms with Crippen LogP contribution in [0.25, 0.3) is 0 Å². The molecule has 0 spiro atoms. The van der Waals surface area contributed by atoms with E-state index in [4.69, 9.17) is 0 Å². The van der Waals surface area contributed by atoms with Crippen LogP contribution >= 0.6 is 0 Å². The fraction of sp³-hybridized carbons (Fsp3) is 0.944. The summed E-state index contributed by atoms with van der Waals surface area (Å²) in [7, 11) is 3.91. The van der Waals surface area contributed by atoms with Gasteiger partial charge in [0.05, 0.1) is 6.10 Å². The Morgan fingerprint density at radius 3 is 2.67 bits per heavy atom. The molecule has 1 aliphatic heterocycles. The first-order valence-corrected chi connectivity index (χ1v) is 9.58. The number of hydrogen-bond acceptors (Lipinski definition) is 4. The van der Waals surface area contributed by atoms with Gasteiger partial charge in [-0.3, -0.25) is 4.90 Å². The molecule has 3 atom stereocenters. The molecule has 24 heavy (non-hydrogen) atoms. The molecule has 0 aromatic heterocycles. The van der Waals surface area contributed by atoms with Crippen LogP contribution in [0.3, 0.4) is 0 Å². The number of carbonyl (C=O) groups is 1. The highest BCUT2D eigenvalue weighted by Gasteiger charge is 2.24. The number of aliphatic hydroxyl groups excluding tert-OH is 1. The number of nitrogens with zero attached hydrogens (tertiary/aromatic N) is 3.